The van der Waals surface area contributed by atoms with E-state index in [0.717, 1.165) is 12.0 Å². The summed E-state index contributed by atoms with van der Waals surface area (Å²) >= 11 is 0. The Bertz CT molecular complexity index is 530. The average molecular weight is 302 g/mol. The minimum atomic E-state index is -0.493. The third-order valence-electron chi connectivity index (χ3n) is 3.88. The number of esters is 1. The second kappa shape index (κ2) is 7.75. The monoisotopic (exact) mass is 302 g/mol. The molecule has 1 amide bonds. The van der Waals surface area contributed by atoms with Crippen molar-refractivity contribution >= 4 is 11.9 Å². The summed E-state index contributed by atoms with van der Waals surface area (Å²) in [6, 6.07) is 8.65. The summed E-state index contributed by atoms with van der Waals surface area (Å²) in [4.78, 5) is 26.5. The van der Waals surface area contributed by atoms with Gasteiger partial charge in [0.2, 0.25) is 5.91 Å². The molecule has 1 N–H and O–H groups in total. The van der Waals surface area contributed by atoms with Crippen molar-refractivity contribution in [2.45, 2.75) is 24.9 Å². The summed E-state index contributed by atoms with van der Waals surface area (Å²) in [6.45, 7) is 4.71. The van der Waals surface area contributed by atoms with Crippen molar-refractivity contribution in [3.8, 4) is 0 Å². The molecular formula is C17H22N2O3. The van der Waals surface area contributed by atoms with Crippen LogP contribution >= 0.6 is 0 Å². The average Bonchev–Trinajstić information content (AvgIpc) is 3.02. The van der Waals surface area contributed by atoms with E-state index in [9.17, 15) is 9.59 Å². The zero-order chi connectivity index (χ0) is 15.9. The molecule has 2 atom stereocenters. The van der Waals surface area contributed by atoms with Crippen molar-refractivity contribution in [2.75, 3.05) is 20.2 Å². The number of rotatable bonds is 6. The van der Waals surface area contributed by atoms with Crippen molar-refractivity contribution in [3.63, 3.8) is 0 Å². The minimum absolute atomic E-state index is 0.123. The highest BCUT2D eigenvalue weighted by atomic mass is 16.5. The van der Waals surface area contributed by atoms with E-state index in [4.69, 9.17) is 4.74 Å². The van der Waals surface area contributed by atoms with Gasteiger partial charge in [0.25, 0.3) is 0 Å². The largest absolute Gasteiger partial charge is 0.468 e. The molecule has 1 fully saturated rings. The number of likely N-dealkylation sites (tertiary alicyclic amines) is 1. The van der Waals surface area contributed by atoms with Crippen LogP contribution in [-0.4, -0.2) is 43.0 Å². The lowest BCUT2D eigenvalue weighted by molar-refractivity contribution is -0.147. The van der Waals surface area contributed by atoms with Crippen LogP contribution in [0, 0.1) is 0 Å². The summed E-state index contributed by atoms with van der Waals surface area (Å²) in [5, 5.41) is 2.83. The molecule has 0 aromatic heterocycles. The van der Waals surface area contributed by atoms with Crippen molar-refractivity contribution < 1.29 is 14.3 Å². The van der Waals surface area contributed by atoms with Gasteiger partial charge in [0.05, 0.1) is 7.11 Å². The van der Waals surface area contributed by atoms with Gasteiger partial charge in [0, 0.05) is 13.1 Å². The molecule has 2 rings (SSSR count). The van der Waals surface area contributed by atoms with Gasteiger partial charge < -0.3 is 10.1 Å². The molecule has 0 spiro atoms. The quantitative estimate of drug-likeness (QED) is 0.641. The summed E-state index contributed by atoms with van der Waals surface area (Å²) in [5.74, 6) is -0.406. The summed E-state index contributed by atoms with van der Waals surface area (Å²) in [5.41, 5.74) is 0.875. The fourth-order valence-corrected chi connectivity index (χ4v) is 2.89. The molecule has 5 nitrogen and oxygen atoms in total. The standard InChI is InChI=1S/C17H22N2O3/c1-3-11-18-16(20)15(13-8-5-4-6-9-13)19-12-7-10-14(19)17(21)22-2/h3-6,8-9,14-15H,1,7,10-12H2,2H3,(H,18,20)/t14-,15-/m0/s1. The number of amides is 1. The fourth-order valence-electron chi connectivity index (χ4n) is 2.89. The second-order valence-electron chi connectivity index (χ2n) is 5.27. The molecule has 1 aromatic rings. The Morgan fingerprint density at radius 1 is 1.45 bits per heavy atom. The van der Waals surface area contributed by atoms with Crippen molar-refractivity contribution in [1.82, 2.24) is 10.2 Å². The lowest BCUT2D eigenvalue weighted by Gasteiger charge is -2.31. The maximum absolute atomic E-state index is 12.6. The van der Waals surface area contributed by atoms with Crippen LogP contribution in [0.25, 0.3) is 0 Å². The van der Waals surface area contributed by atoms with Gasteiger partial charge >= 0.3 is 5.97 Å². The van der Waals surface area contributed by atoms with Crippen molar-refractivity contribution in [1.29, 1.82) is 0 Å². The molecule has 1 aromatic carbocycles. The molecule has 5 heteroatoms. The predicted molar refractivity (Wildman–Crippen MR) is 84.1 cm³/mol. The molecule has 22 heavy (non-hydrogen) atoms. The maximum atomic E-state index is 12.6. The third-order valence-corrected chi connectivity index (χ3v) is 3.88. The van der Waals surface area contributed by atoms with E-state index in [2.05, 4.69) is 11.9 Å². The van der Waals surface area contributed by atoms with Gasteiger partial charge in [-0.1, -0.05) is 36.4 Å². The number of carbonyl (C=O) groups excluding carboxylic acids is 2. The van der Waals surface area contributed by atoms with E-state index in [0.29, 0.717) is 19.5 Å². The van der Waals surface area contributed by atoms with Crippen LogP contribution in [0.4, 0.5) is 0 Å². The summed E-state index contributed by atoms with van der Waals surface area (Å²) in [6.07, 6.45) is 3.23. The Balaban J connectivity index is 2.29. The Kier molecular flexibility index (Phi) is 5.72. The first-order chi connectivity index (χ1) is 10.7. The van der Waals surface area contributed by atoms with Gasteiger partial charge in [-0.05, 0) is 18.4 Å². The molecule has 1 heterocycles. The van der Waals surface area contributed by atoms with Crippen LogP contribution < -0.4 is 5.32 Å². The van der Waals surface area contributed by atoms with Crippen molar-refractivity contribution in [3.05, 3.63) is 48.6 Å². The summed E-state index contributed by atoms with van der Waals surface area (Å²) in [7, 11) is 1.38. The number of carbonyl (C=O) groups is 2. The SMILES string of the molecule is C=CCNC(=O)[C@H](c1ccccc1)N1CCC[C@H]1C(=O)OC. The minimum Gasteiger partial charge on any atom is -0.468 e. The molecule has 0 unspecified atom stereocenters. The first-order valence-electron chi connectivity index (χ1n) is 7.46. The normalized spacial score (nSPS) is 19.4. The molecule has 0 aliphatic carbocycles. The van der Waals surface area contributed by atoms with Gasteiger partial charge in [-0.15, -0.1) is 6.58 Å². The zero-order valence-corrected chi connectivity index (χ0v) is 12.8. The highest BCUT2D eigenvalue weighted by Gasteiger charge is 2.39. The van der Waals surface area contributed by atoms with E-state index < -0.39 is 6.04 Å². The number of hydrogen-bond donors (Lipinski definition) is 1. The van der Waals surface area contributed by atoms with Crippen LogP contribution in [-0.2, 0) is 14.3 Å². The lowest BCUT2D eigenvalue weighted by Crippen LogP contribution is -2.46. The van der Waals surface area contributed by atoms with Crippen LogP contribution in [0.5, 0.6) is 0 Å². The van der Waals surface area contributed by atoms with E-state index in [1.54, 1.807) is 6.08 Å². The molecule has 0 radical (unpaired) electrons. The number of benzene rings is 1. The van der Waals surface area contributed by atoms with E-state index in [1.165, 1.54) is 7.11 Å². The number of methoxy groups -OCH3 is 1. The first-order valence-corrected chi connectivity index (χ1v) is 7.46. The fraction of sp³-hybridized carbons (Fsp3) is 0.412. The highest BCUT2D eigenvalue weighted by Crippen LogP contribution is 2.30. The van der Waals surface area contributed by atoms with Crippen LogP contribution in [0.3, 0.4) is 0 Å². The van der Waals surface area contributed by atoms with Crippen LogP contribution in [0.2, 0.25) is 0 Å². The zero-order valence-electron chi connectivity index (χ0n) is 12.8. The van der Waals surface area contributed by atoms with Crippen LogP contribution in [0.15, 0.2) is 43.0 Å². The second-order valence-corrected chi connectivity index (χ2v) is 5.27. The number of nitrogens with one attached hydrogen (secondary N) is 1. The molecule has 0 bridgehead atoms. The number of nitrogens with zero attached hydrogens (tertiary/aromatic N) is 1. The van der Waals surface area contributed by atoms with Gasteiger partial charge in [-0.2, -0.15) is 0 Å². The van der Waals surface area contributed by atoms with E-state index in [1.807, 2.05) is 35.2 Å². The van der Waals surface area contributed by atoms with Gasteiger partial charge in [0.1, 0.15) is 12.1 Å². The Hall–Kier alpha value is -2.14. The summed E-state index contributed by atoms with van der Waals surface area (Å²) < 4.78 is 4.88. The topological polar surface area (TPSA) is 58.6 Å². The number of ether oxygens (including phenoxy) is 1. The molecule has 1 aliphatic rings. The van der Waals surface area contributed by atoms with Crippen molar-refractivity contribution in [2.24, 2.45) is 0 Å². The molecule has 1 aliphatic heterocycles. The Morgan fingerprint density at radius 3 is 2.82 bits per heavy atom. The Morgan fingerprint density at radius 2 is 2.18 bits per heavy atom. The van der Waals surface area contributed by atoms with Gasteiger partial charge in [0.15, 0.2) is 0 Å². The maximum Gasteiger partial charge on any atom is 0.323 e. The van der Waals surface area contributed by atoms with Crippen LogP contribution in [0.1, 0.15) is 24.4 Å². The third kappa shape index (κ3) is 3.54. The highest BCUT2D eigenvalue weighted by molar-refractivity contribution is 5.85. The van der Waals surface area contributed by atoms with E-state index >= 15 is 0 Å². The Labute approximate surface area is 130 Å². The smallest absolute Gasteiger partial charge is 0.323 e. The molecule has 0 saturated carbocycles. The first kappa shape index (κ1) is 16.2. The molecule has 118 valence electrons. The van der Waals surface area contributed by atoms with Gasteiger partial charge in [-0.25, -0.2) is 0 Å². The number of hydrogen-bond acceptors (Lipinski definition) is 4. The van der Waals surface area contributed by atoms with E-state index in [-0.39, 0.29) is 17.9 Å². The predicted octanol–water partition coefficient (Wildman–Crippen LogP) is 1.67. The van der Waals surface area contributed by atoms with Gasteiger partial charge in [-0.3, -0.25) is 14.5 Å². The lowest BCUT2D eigenvalue weighted by atomic mass is 10.0. The molecule has 1 saturated heterocycles. The molecular weight excluding hydrogens is 280 g/mol.